The first-order valence-electron chi connectivity index (χ1n) is 8.19. The number of halogens is 1. The van der Waals surface area contributed by atoms with Crippen LogP contribution in [0, 0.1) is 5.82 Å². The van der Waals surface area contributed by atoms with Gasteiger partial charge in [-0.05, 0) is 25.0 Å². The van der Waals surface area contributed by atoms with Gasteiger partial charge in [0.1, 0.15) is 5.65 Å². The van der Waals surface area contributed by atoms with Gasteiger partial charge in [0.05, 0.1) is 6.20 Å². The molecule has 2 atom stereocenters. The summed E-state index contributed by atoms with van der Waals surface area (Å²) >= 11 is 0. The smallest absolute Gasteiger partial charge is 0.183 e. The summed E-state index contributed by atoms with van der Waals surface area (Å²) in [6, 6.07) is 3.85. The van der Waals surface area contributed by atoms with E-state index in [1.165, 1.54) is 6.20 Å². The van der Waals surface area contributed by atoms with Gasteiger partial charge in [-0.3, -0.25) is 0 Å². The third-order valence-corrected chi connectivity index (χ3v) is 4.58. The van der Waals surface area contributed by atoms with E-state index in [0.29, 0.717) is 5.82 Å². The van der Waals surface area contributed by atoms with Gasteiger partial charge in [0.25, 0.3) is 0 Å². The standard InChI is InChI=1S/C17H19FN6/c18-12-9-22-16(11-8-21-15-10(11)4-3-7-20-15)24-17(12)23-14-6-2-1-5-13(14)19/h3-4,7-9,13-14H,1-2,5-6,19H2,(H,20,21)(H,22,23,24)/t13-,14+/m0/s1. The van der Waals surface area contributed by atoms with Gasteiger partial charge in [-0.2, -0.15) is 0 Å². The highest BCUT2D eigenvalue weighted by Gasteiger charge is 2.23. The maximum absolute atomic E-state index is 14.2. The molecule has 0 saturated heterocycles. The number of anilines is 1. The van der Waals surface area contributed by atoms with Crippen molar-refractivity contribution < 1.29 is 4.39 Å². The fraction of sp³-hybridized carbons (Fsp3) is 0.353. The predicted molar refractivity (Wildman–Crippen MR) is 90.9 cm³/mol. The van der Waals surface area contributed by atoms with E-state index in [2.05, 4.69) is 25.3 Å². The van der Waals surface area contributed by atoms with Crippen molar-refractivity contribution in [1.29, 1.82) is 0 Å². The summed E-state index contributed by atoms with van der Waals surface area (Å²) in [6.45, 7) is 0. The minimum absolute atomic E-state index is 0.0221. The summed E-state index contributed by atoms with van der Waals surface area (Å²) in [5, 5.41) is 4.08. The van der Waals surface area contributed by atoms with Crippen molar-refractivity contribution in [3.8, 4) is 11.4 Å². The van der Waals surface area contributed by atoms with Gasteiger partial charge in [0.2, 0.25) is 0 Å². The largest absolute Gasteiger partial charge is 0.363 e. The molecule has 4 N–H and O–H groups in total. The molecule has 1 fully saturated rings. The molecule has 0 bridgehead atoms. The first kappa shape index (κ1) is 15.0. The van der Waals surface area contributed by atoms with Crippen LogP contribution >= 0.6 is 0 Å². The molecule has 4 rings (SSSR count). The lowest BCUT2D eigenvalue weighted by Crippen LogP contribution is -2.43. The molecule has 1 aliphatic rings. The topological polar surface area (TPSA) is 92.5 Å². The Labute approximate surface area is 138 Å². The van der Waals surface area contributed by atoms with Crippen LogP contribution in [-0.4, -0.2) is 32.0 Å². The van der Waals surface area contributed by atoms with Crippen LogP contribution < -0.4 is 11.1 Å². The van der Waals surface area contributed by atoms with E-state index in [9.17, 15) is 4.39 Å². The molecule has 0 unspecified atom stereocenters. The molecule has 0 aromatic carbocycles. The van der Waals surface area contributed by atoms with Crippen molar-refractivity contribution in [3.63, 3.8) is 0 Å². The van der Waals surface area contributed by atoms with Crippen molar-refractivity contribution in [2.45, 2.75) is 37.8 Å². The Hall–Kier alpha value is -2.54. The summed E-state index contributed by atoms with van der Waals surface area (Å²) in [7, 11) is 0. The van der Waals surface area contributed by atoms with Crippen LogP contribution in [0.3, 0.4) is 0 Å². The second kappa shape index (κ2) is 6.16. The first-order valence-corrected chi connectivity index (χ1v) is 8.19. The van der Waals surface area contributed by atoms with E-state index < -0.39 is 5.82 Å². The molecule has 3 aromatic rings. The van der Waals surface area contributed by atoms with Gasteiger partial charge in [-0.25, -0.2) is 19.3 Å². The summed E-state index contributed by atoms with van der Waals surface area (Å²) < 4.78 is 14.2. The Morgan fingerprint density at radius 3 is 3.00 bits per heavy atom. The molecule has 3 heterocycles. The van der Waals surface area contributed by atoms with Gasteiger partial charge in [-0.1, -0.05) is 12.8 Å². The number of nitrogens with two attached hydrogens (primary N) is 1. The minimum Gasteiger partial charge on any atom is -0.363 e. The molecule has 0 spiro atoms. The molecule has 24 heavy (non-hydrogen) atoms. The van der Waals surface area contributed by atoms with Crippen molar-refractivity contribution in [1.82, 2.24) is 19.9 Å². The Kier molecular flexibility index (Phi) is 3.86. The quantitative estimate of drug-likeness (QED) is 0.688. The second-order valence-electron chi connectivity index (χ2n) is 6.19. The Morgan fingerprint density at radius 1 is 1.25 bits per heavy atom. The molecule has 124 valence electrons. The molecule has 1 saturated carbocycles. The molecule has 1 aliphatic carbocycles. The average molecular weight is 326 g/mol. The van der Waals surface area contributed by atoms with Gasteiger partial charge < -0.3 is 16.0 Å². The lowest BCUT2D eigenvalue weighted by molar-refractivity contribution is 0.402. The van der Waals surface area contributed by atoms with E-state index in [0.717, 1.165) is 42.3 Å². The van der Waals surface area contributed by atoms with Gasteiger partial charge in [0.15, 0.2) is 17.5 Å². The van der Waals surface area contributed by atoms with Crippen molar-refractivity contribution in [2.24, 2.45) is 5.73 Å². The fourth-order valence-electron chi connectivity index (χ4n) is 3.25. The lowest BCUT2D eigenvalue weighted by atomic mass is 9.91. The Balaban J connectivity index is 1.68. The zero-order valence-electron chi connectivity index (χ0n) is 13.2. The molecule has 0 radical (unpaired) electrons. The van der Waals surface area contributed by atoms with Gasteiger partial charge in [0, 0.05) is 35.4 Å². The third kappa shape index (κ3) is 2.71. The first-order chi connectivity index (χ1) is 11.7. The minimum atomic E-state index is -0.463. The zero-order valence-corrected chi connectivity index (χ0v) is 13.2. The maximum atomic E-state index is 14.2. The van der Waals surface area contributed by atoms with E-state index in [4.69, 9.17) is 5.73 Å². The molecule has 3 aromatic heterocycles. The molecule has 0 amide bonds. The maximum Gasteiger partial charge on any atom is 0.183 e. The number of nitrogens with one attached hydrogen (secondary N) is 2. The number of aromatic nitrogens is 4. The van der Waals surface area contributed by atoms with E-state index in [-0.39, 0.29) is 17.9 Å². The number of pyridine rings is 1. The number of aromatic amines is 1. The summed E-state index contributed by atoms with van der Waals surface area (Å²) in [4.78, 5) is 15.9. The Morgan fingerprint density at radius 2 is 2.12 bits per heavy atom. The van der Waals surface area contributed by atoms with Crippen LogP contribution in [0.4, 0.5) is 10.2 Å². The number of H-pyrrole nitrogens is 1. The van der Waals surface area contributed by atoms with Crippen LogP contribution in [0.5, 0.6) is 0 Å². The monoisotopic (exact) mass is 326 g/mol. The molecular formula is C17H19FN6. The van der Waals surface area contributed by atoms with Crippen LogP contribution in [0.25, 0.3) is 22.4 Å². The van der Waals surface area contributed by atoms with Crippen LogP contribution in [0.1, 0.15) is 25.7 Å². The predicted octanol–water partition coefficient (Wildman–Crippen LogP) is 2.84. The van der Waals surface area contributed by atoms with Crippen LogP contribution in [0.15, 0.2) is 30.7 Å². The van der Waals surface area contributed by atoms with Crippen molar-refractivity contribution in [2.75, 3.05) is 5.32 Å². The third-order valence-electron chi connectivity index (χ3n) is 4.58. The average Bonchev–Trinajstić information content (AvgIpc) is 3.03. The highest BCUT2D eigenvalue weighted by molar-refractivity contribution is 5.91. The zero-order chi connectivity index (χ0) is 16.5. The highest BCUT2D eigenvalue weighted by atomic mass is 19.1. The normalized spacial score (nSPS) is 21.1. The van der Waals surface area contributed by atoms with E-state index in [1.807, 2.05) is 12.1 Å². The fourth-order valence-corrected chi connectivity index (χ4v) is 3.25. The number of rotatable bonds is 3. The summed E-state index contributed by atoms with van der Waals surface area (Å²) in [5.41, 5.74) is 7.70. The van der Waals surface area contributed by atoms with Gasteiger partial charge >= 0.3 is 0 Å². The van der Waals surface area contributed by atoms with Crippen LogP contribution in [0.2, 0.25) is 0 Å². The van der Waals surface area contributed by atoms with Crippen molar-refractivity contribution in [3.05, 3.63) is 36.5 Å². The lowest BCUT2D eigenvalue weighted by Gasteiger charge is -2.29. The molecule has 7 heteroatoms. The molecule has 6 nitrogen and oxygen atoms in total. The molecule has 0 aliphatic heterocycles. The number of nitrogens with zero attached hydrogens (tertiary/aromatic N) is 3. The molecular weight excluding hydrogens is 307 g/mol. The summed E-state index contributed by atoms with van der Waals surface area (Å²) in [5.74, 6) is 0.206. The number of fused-ring (bicyclic) bond motifs is 1. The van der Waals surface area contributed by atoms with E-state index in [1.54, 1.807) is 12.4 Å². The van der Waals surface area contributed by atoms with E-state index >= 15 is 0 Å². The number of hydrogen-bond acceptors (Lipinski definition) is 5. The highest BCUT2D eigenvalue weighted by Crippen LogP contribution is 2.27. The van der Waals surface area contributed by atoms with Gasteiger partial charge in [-0.15, -0.1) is 0 Å². The SMILES string of the molecule is N[C@H]1CCCC[C@H]1Nc1nc(-c2c[nH]c3ncccc23)ncc1F. The summed E-state index contributed by atoms with van der Waals surface area (Å²) in [6.07, 6.45) is 8.81. The van der Waals surface area contributed by atoms with Crippen LogP contribution in [-0.2, 0) is 0 Å². The van der Waals surface area contributed by atoms with Crippen molar-refractivity contribution >= 4 is 16.9 Å². The second-order valence-corrected chi connectivity index (χ2v) is 6.19. The Bertz CT molecular complexity index is 861. The number of hydrogen-bond donors (Lipinski definition) is 3.